The molecule has 0 atom stereocenters. The number of pyridine rings is 1. The number of nitrogens with one attached hydrogen (secondary N) is 2. The van der Waals surface area contributed by atoms with E-state index in [1.165, 1.54) is 0 Å². The third-order valence-corrected chi connectivity index (χ3v) is 5.08. The lowest BCUT2D eigenvalue weighted by atomic mass is 10.1. The molecule has 2 aromatic carbocycles. The maximum absolute atomic E-state index is 12.4. The van der Waals surface area contributed by atoms with Crippen molar-refractivity contribution in [2.24, 2.45) is 0 Å². The third-order valence-electron chi connectivity index (χ3n) is 4.63. The van der Waals surface area contributed by atoms with E-state index < -0.39 is 11.7 Å². The number of rotatable bonds is 5. The summed E-state index contributed by atoms with van der Waals surface area (Å²) in [6, 6.07) is 19.6. The predicted octanol–water partition coefficient (Wildman–Crippen LogP) is 5.69. The number of hydrogen-bond donors (Lipinski definition) is 2. The van der Waals surface area contributed by atoms with E-state index in [0.29, 0.717) is 27.4 Å². The lowest BCUT2D eigenvalue weighted by molar-refractivity contribution is 0.0635. The quantitative estimate of drug-likeness (QED) is 0.318. The van der Waals surface area contributed by atoms with Crippen molar-refractivity contribution in [1.29, 1.82) is 0 Å². The zero-order chi connectivity index (χ0) is 25.0. The minimum atomic E-state index is -0.585. The number of halogens is 1. The van der Waals surface area contributed by atoms with Crippen LogP contribution in [0.1, 0.15) is 31.3 Å². The number of carbonyl (C=O) groups excluding carboxylic acids is 2. The van der Waals surface area contributed by atoms with Gasteiger partial charge in [-0.05, 0) is 85.2 Å². The van der Waals surface area contributed by atoms with Crippen LogP contribution < -0.4 is 10.6 Å². The van der Waals surface area contributed by atoms with E-state index in [1.54, 1.807) is 74.1 Å². The first-order chi connectivity index (χ1) is 16.7. The van der Waals surface area contributed by atoms with Gasteiger partial charge in [0.2, 0.25) is 0 Å². The van der Waals surface area contributed by atoms with Crippen LogP contribution in [0.15, 0.2) is 77.5 Å². The molecule has 2 aromatic heterocycles. The fourth-order valence-electron chi connectivity index (χ4n) is 3.13. The van der Waals surface area contributed by atoms with Gasteiger partial charge < -0.3 is 10.1 Å². The molecule has 0 saturated carbocycles. The highest BCUT2D eigenvalue weighted by Gasteiger charge is 2.16. The zero-order valence-electron chi connectivity index (χ0n) is 19.3. The number of amides is 2. The summed E-state index contributed by atoms with van der Waals surface area (Å²) in [7, 11) is 0. The standard InChI is InChI=1S/C25H23BrN6O3/c1-25(2,3)35-24(34)28-18-7-4-6-16(14-18)21-15-32(31-30-21)19-12-10-17(11-13-19)27-23(33)20-8-5-9-22(26)29-20/h4-15H,1-3H3,(H,27,33)(H,28,34). The van der Waals surface area contributed by atoms with Gasteiger partial charge in [-0.1, -0.05) is 23.4 Å². The Hall–Kier alpha value is -4.05. The second kappa shape index (κ2) is 10.1. The summed E-state index contributed by atoms with van der Waals surface area (Å²) in [5.41, 5.74) is 3.13. The van der Waals surface area contributed by atoms with Crippen LogP contribution in [0.25, 0.3) is 16.9 Å². The molecule has 0 aliphatic rings. The van der Waals surface area contributed by atoms with Gasteiger partial charge in [0.15, 0.2) is 0 Å². The van der Waals surface area contributed by atoms with Crippen molar-refractivity contribution in [3.63, 3.8) is 0 Å². The second-order valence-electron chi connectivity index (χ2n) is 8.60. The van der Waals surface area contributed by atoms with E-state index in [1.807, 2.05) is 24.3 Å². The largest absolute Gasteiger partial charge is 0.444 e. The van der Waals surface area contributed by atoms with Crippen molar-refractivity contribution in [1.82, 2.24) is 20.0 Å². The topological polar surface area (TPSA) is 111 Å². The fourth-order valence-corrected chi connectivity index (χ4v) is 3.47. The number of carbonyl (C=O) groups is 2. The number of ether oxygens (including phenoxy) is 1. The van der Waals surface area contributed by atoms with Crippen LogP contribution in [-0.2, 0) is 4.74 Å². The average molecular weight is 535 g/mol. The summed E-state index contributed by atoms with van der Waals surface area (Å²) >= 11 is 3.26. The van der Waals surface area contributed by atoms with Crippen LogP contribution in [-0.4, -0.2) is 37.6 Å². The fraction of sp³-hybridized carbons (Fsp3) is 0.160. The Labute approximate surface area is 210 Å². The Morgan fingerprint density at radius 2 is 1.69 bits per heavy atom. The molecule has 4 rings (SSSR count). The predicted molar refractivity (Wildman–Crippen MR) is 137 cm³/mol. The van der Waals surface area contributed by atoms with E-state index in [-0.39, 0.29) is 5.91 Å². The van der Waals surface area contributed by atoms with Gasteiger partial charge in [0, 0.05) is 16.9 Å². The lowest BCUT2D eigenvalue weighted by Crippen LogP contribution is -2.27. The molecule has 10 heteroatoms. The van der Waals surface area contributed by atoms with Crippen LogP contribution in [0.4, 0.5) is 16.2 Å². The normalized spacial score (nSPS) is 11.1. The smallest absolute Gasteiger partial charge is 0.412 e. The molecule has 0 spiro atoms. The Kier molecular flexibility index (Phi) is 6.92. The van der Waals surface area contributed by atoms with Crippen molar-refractivity contribution >= 4 is 39.3 Å². The first-order valence-corrected chi connectivity index (χ1v) is 11.5. The number of nitrogens with zero attached hydrogens (tertiary/aromatic N) is 4. The molecule has 2 heterocycles. The molecule has 9 nitrogen and oxygen atoms in total. The monoisotopic (exact) mass is 534 g/mol. The number of anilines is 2. The Morgan fingerprint density at radius 3 is 2.40 bits per heavy atom. The molecule has 0 aliphatic heterocycles. The maximum Gasteiger partial charge on any atom is 0.412 e. The summed E-state index contributed by atoms with van der Waals surface area (Å²) in [6.07, 6.45) is 1.26. The number of hydrogen-bond acceptors (Lipinski definition) is 6. The second-order valence-corrected chi connectivity index (χ2v) is 9.42. The summed E-state index contributed by atoms with van der Waals surface area (Å²) < 4.78 is 7.52. The van der Waals surface area contributed by atoms with E-state index in [4.69, 9.17) is 4.74 Å². The maximum atomic E-state index is 12.4. The van der Waals surface area contributed by atoms with Gasteiger partial charge in [0.25, 0.3) is 5.91 Å². The van der Waals surface area contributed by atoms with Gasteiger partial charge in [-0.25, -0.2) is 14.5 Å². The van der Waals surface area contributed by atoms with Crippen LogP contribution in [0.2, 0.25) is 0 Å². The van der Waals surface area contributed by atoms with E-state index >= 15 is 0 Å². The third kappa shape index (κ3) is 6.51. The summed E-state index contributed by atoms with van der Waals surface area (Å²) in [5, 5.41) is 14.0. The van der Waals surface area contributed by atoms with Gasteiger partial charge in [0.05, 0.1) is 11.9 Å². The number of benzene rings is 2. The molecule has 2 N–H and O–H groups in total. The Morgan fingerprint density at radius 1 is 0.943 bits per heavy atom. The minimum absolute atomic E-state index is 0.304. The summed E-state index contributed by atoms with van der Waals surface area (Å²) in [6.45, 7) is 5.42. The molecule has 2 amide bonds. The first kappa shape index (κ1) is 24.1. The van der Waals surface area contributed by atoms with Crippen molar-refractivity contribution in [3.8, 4) is 16.9 Å². The molecule has 0 radical (unpaired) electrons. The van der Waals surface area contributed by atoms with E-state index in [9.17, 15) is 9.59 Å². The number of aromatic nitrogens is 4. The Balaban J connectivity index is 1.44. The van der Waals surface area contributed by atoms with E-state index in [2.05, 4.69) is 41.9 Å². The first-order valence-electron chi connectivity index (χ1n) is 10.7. The molecule has 178 valence electrons. The average Bonchev–Trinajstić information content (AvgIpc) is 3.29. The van der Waals surface area contributed by atoms with Gasteiger partial charge in [-0.3, -0.25) is 10.1 Å². The lowest BCUT2D eigenvalue weighted by Gasteiger charge is -2.19. The van der Waals surface area contributed by atoms with Gasteiger partial charge in [-0.2, -0.15) is 0 Å². The highest BCUT2D eigenvalue weighted by atomic mass is 79.9. The zero-order valence-corrected chi connectivity index (χ0v) is 20.9. The van der Waals surface area contributed by atoms with Crippen LogP contribution in [0.5, 0.6) is 0 Å². The van der Waals surface area contributed by atoms with Crippen molar-refractivity contribution < 1.29 is 14.3 Å². The van der Waals surface area contributed by atoms with Gasteiger partial charge in [-0.15, -0.1) is 5.10 Å². The van der Waals surface area contributed by atoms with Crippen LogP contribution in [0.3, 0.4) is 0 Å². The minimum Gasteiger partial charge on any atom is -0.444 e. The highest BCUT2D eigenvalue weighted by Crippen LogP contribution is 2.23. The molecule has 0 fully saturated rings. The van der Waals surface area contributed by atoms with Crippen molar-refractivity contribution in [3.05, 3.63) is 83.2 Å². The molecular formula is C25H23BrN6O3. The van der Waals surface area contributed by atoms with Crippen LogP contribution in [0, 0.1) is 0 Å². The summed E-state index contributed by atoms with van der Waals surface area (Å²) in [5.74, 6) is -0.304. The molecular weight excluding hydrogens is 512 g/mol. The SMILES string of the molecule is CC(C)(C)OC(=O)Nc1cccc(-c2cn(-c3ccc(NC(=O)c4cccc(Br)n4)cc3)nn2)c1. The molecule has 4 aromatic rings. The molecule has 0 unspecified atom stereocenters. The van der Waals surface area contributed by atoms with E-state index in [0.717, 1.165) is 11.3 Å². The highest BCUT2D eigenvalue weighted by molar-refractivity contribution is 9.10. The van der Waals surface area contributed by atoms with Crippen LogP contribution >= 0.6 is 15.9 Å². The van der Waals surface area contributed by atoms with Crippen molar-refractivity contribution in [2.45, 2.75) is 26.4 Å². The summed E-state index contributed by atoms with van der Waals surface area (Å²) in [4.78, 5) is 28.6. The van der Waals surface area contributed by atoms with Gasteiger partial charge in [0.1, 0.15) is 21.6 Å². The van der Waals surface area contributed by atoms with Crippen molar-refractivity contribution in [2.75, 3.05) is 10.6 Å². The molecule has 0 aliphatic carbocycles. The molecule has 0 saturated heterocycles. The molecule has 0 bridgehead atoms. The molecule has 35 heavy (non-hydrogen) atoms. The van der Waals surface area contributed by atoms with Gasteiger partial charge >= 0.3 is 6.09 Å². The Bertz CT molecular complexity index is 1360.